The van der Waals surface area contributed by atoms with Crippen molar-refractivity contribution in [3.8, 4) is 0 Å². The first-order valence-electron chi connectivity index (χ1n) is 11.5. The molecule has 0 aromatic heterocycles. The number of allylic oxidation sites excluding steroid dienone is 5. The molecular formula is C27H33N2O4S-. The highest BCUT2D eigenvalue weighted by molar-refractivity contribution is 7.73. The van der Waals surface area contributed by atoms with Gasteiger partial charge in [-0.15, -0.1) is 0 Å². The maximum absolute atomic E-state index is 8.83. The lowest BCUT2D eigenvalue weighted by Gasteiger charge is -2.22. The summed E-state index contributed by atoms with van der Waals surface area (Å²) in [4.78, 5) is 2.38. The van der Waals surface area contributed by atoms with Crippen LogP contribution in [-0.4, -0.2) is 45.2 Å². The van der Waals surface area contributed by atoms with Crippen molar-refractivity contribution in [3.05, 3.63) is 95.6 Å². The lowest BCUT2D eigenvalue weighted by atomic mass is 9.90. The third-order valence-corrected chi connectivity index (χ3v) is 5.80. The van der Waals surface area contributed by atoms with Crippen LogP contribution < -0.4 is 10.2 Å². The van der Waals surface area contributed by atoms with E-state index in [1.807, 2.05) is 0 Å². The van der Waals surface area contributed by atoms with E-state index in [2.05, 4.69) is 120 Å². The monoisotopic (exact) mass is 481 g/mol. The highest BCUT2D eigenvalue weighted by Gasteiger charge is 2.14. The Morgan fingerprint density at radius 2 is 1.35 bits per heavy atom. The Morgan fingerprint density at radius 3 is 1.79 bits per heavy atom. The summed E-state index contributed by atoms with van der Waals surface area (Å²) in [6.45, 7) is 12.9. The number of benzene rings is 2. The first-order valence-corrected chi connectivity index (χ1v) is 12.5. The fourth-order valence-corrected chi connectivity index (χ4v) is 3.96. The molecule has 0 fully saturated rings. The van der Waals surface area contributed by atoms with Crippen molar-refractivity contribution >= 4 is 28.3 Å². The molecule has 1 atom stereocenters. The van der Waals surface area contributed by atoms with Crippen LogP contribution in [0.4, 0.5) is 5.69 Å². The van der Waals surface area contributed by atoms with Gasteiger partial charge in [0.25, 0.3) is 0 Å². The third kappa shape index (κ3) is 7.60. The minimum absolute atomic E-state index is 1.03. The molecule has 6 nitrogen and oxygen atoms in total. The zero-order valence-electron chi connectivity index (χ0n) is 20.3. The fraction of sp³-hybridized carbons (Fsp3) is 0.296. The maximum Gasteiger partial charge on any atom is 0.199 e. The SMILES string of the molecule is CCN(CC)c1ccc(C(=C2C=CC(=[N+](CC)CC)C=C2)c2ccccc2)cc1.O=S([O-])O[O-]. The fourth-order valence-electron chi connectivity index (χ4n) is 3.96. The molecule has 2 aromatic carbocycles. The van der Waals surface area contributed by atoms with Crippen LogP contribution in [0.15, 0.2) is 84.5 Å². The van der Waals surface area contributed by atoms with Gasteiger partial charge in [-0.2, -0.15) is 0 Å². The van der Waals surface area contributed by atoms with E-state index in [0.29, 0.717) is 0 Å². The van der Waals surface area contributed by atoms with Crippen molar-refractivity contribution in [2.45, 2.75) is 27.7 Å². The Morgan fingerprint density at radius 1 is 0.853 bits per heavy atom. The largest absolute Gasteiger partial charge is 0.750 e. The lowest BCUT2D eigenvalue weighted by Crippen LogP contribution is -2.21. The van der Waals surface area contributed by atoms with E-state index in [9.17, 15) is 0 Å². The topological polar surface area (TPSA) is 78.7 Å². The zero-order chi connectivity index (χ0) is 24.9. The van der Waals surface area contributed by atoms with Crippen molar-refractivity contribution < 1.29 is 22.9 Å². The number of hydrogen-bond donors (Lipinski definition) is 0. The summed E-state index contributed by atoms with van der Waals surface area (Å²) in [5.41, 5.74) is 7.60. The average Bonchev–Trinajstić information content (AvgIpc) is 2.88. The molecule has 0 aliphatic heterocycles. The van der Waals surface area contributed by atoms with E-state index in [0.717, 1.165) is 26.2 Å². The molecule has 0 heterocycles. The van der Waals surface area contributed by atoms with Crippen LogP contribution in [0.2, 0.25) is 0 Å². The van der Waals surface area contributed by atoms with Crippen molar-refractivity contribution in [3.63, 3.8) is 0 Å². The van der Waals surface area contributed by atoms with Crippen molar-refractivity contribution in [2.75, 3.05) is 31.1 Å². The quantitative estimate of drug-likeness (QED) is 0.246. The lowest BCUT2D eigenvalue weighted by molar-refractivity contribution is -0.635. The molecule has 2 aromatic rings. The van der Waals surface area contributed by atoms with Gasteiger partial charge in [-0.1, -0.05) is 42.5 Å². The van der Waals surface area contributed by atoms with Gasteiger partial charge < -0.3 is 19.0 Å². The van der Waals surface area contributed by atoms with Gasteiger partial charge in [-0.3, -0.25) is 0 Å². The second-order valence-corrected chi connectivity index (χ2v) is 8.00. The van der Waals surface area contributed by atoms with Gasteiger partial charge in [-0.25, -0.2) is 8.78 Å². The predicted octanol–water partition coefficient (Wildman–Crippen LogP) is 4.03. The molecule has 0 amide bonds. The molecular weight excluding hydrogens is 448 g/mol. The molecule has 182 valence electrons. The van der Waals surface area contributed by atoms with E-state index in [1.165, 1.54) is 33.7 Å². The minimum atomic E-state index is -2.88. The molecule has 0 spiro atoms. The van der Waals surface area contributed by atoms with Gasteiger partial charge in [0.15, 0.2) is 5.71 Å². The molecule has 3 rings (SSSR count). The molecule has 0 N–H and O–H groups in total. The van der Waals surface area contributed by atoms with E-state index < -0.39 is 11.4 Å². The highest BCUT2D eigenvalue weighted by atomic mass is 32.2. The van der Waals surface area contributed by atoms with Crippen LogP contribution in [0.25, 0.3) is 5.57 Å². The maximum atomic E-state index is 8.83. The molecule has 0 saturated heterocycles. The minimum Gasteiger partial charge on any atom is -0.750 e. The van der Waals surface area contributed by atoms with Crippen LogP contribution >= 0.6 is 0 Å². The summed E-state index contributed by atoms with van der Waals surface area (Å²) in [6, 6.07) is 19.7. The summed E-state index contributed by atoms with van der Waals surface area (Å²) >= 11 is -2.88. The molecule has 34 heavy (non-hydrogen) atoms. The zero-order valence-corrected chi connectivity index (χ0v) is 21.1. The number of anilines is 1. The molecule has 1 aliphatic carbocycles. The van der Waals surface area contributed by atoms with Gasteiger partial charge in [0.05, 0.1) is 11.4 Å². The number of hydrogen-bond acceptors (Lipinski definition) is 5. The molecule has 7 heteroatoms. The van der Waals surface area contributed by atoms with Gasteiger partial charge in [0.2, 0.25) is 0 Å². The second-order valence-electron chi connectivity index (χ2n) is 7.45. The van der Waals surface area contributed by atoms with Crippen molar-refractivity contribution in [1.29, 1.82) is 0 Å². The second kappa shape index (κ2) is 14.4. The third-order valence-electron chi connectivity index (χ3n) is 5.69. The van der Waals surface area contributed by atoms with E-state index in [4.69, 9.17) is 14.0 Å². The predicted molar refractivity (Wildman–Crippen MR) is 137 cm³/mol. The first-order chi connectivity index (χ1) is 16.5. The van der Waals surface area contributed by atoms with Crippen LogP contribution in [0.1, 0.15) is 38.8 Å². The Bertz CT molecular complexity index is 1030. The Balaban J connectivity index is 0.000000739. The van der Waals surface area contributed by atoms with Gasteiger partial charge in [-0.05, 0) is 74.3 Å². The summed E-state index contributed by atoms with van der Waals surface area (Å²) < 4.78 is 22.5. The van der Waals surface area contributed by atoms with Crippen LogP contribution in [-0.2, 0) is 15.7 Å². The van der Waals surface area contributed by atoms with Crippen molar-refractivity contribution in [2.24, 2.45) is 0 Å². The van der Waals surface area contributed by atoms with Gasteiger partial charge in [0, 0.05) is 30.9 Å². The number of rotatable bonds is 8. The molecule has 0 saturated carbocycles. The number of nitrogens with zero attached hydrogens (tertiary/aromatic N) is 2. The summed E-state index contributed by atoms with van der Waals surface area (Å²) in [7, 11) is 0. The molecule has 1 unspecified atom stereocenters. The van der Waals surface area contributed by atoms with Gasteiger partial charge >= 0.3 is 0 Å². The van der Waals surface area contributed by atoms with Crippen molar-refractivity contribution in [1.82, 2.24) is 0 Å². The van der Waals surface area contributed by atoms with Crippen LogP contribution in [0.3, 0.4) is 0 Å². The smallest absolute Gasteiger partial charge is 0.199 e. The average molecular weight is 482 g/mol. The first kappa shape index (κ1) is 27.4. The standard InChI is InChI=1S/C27H33N2.H2O4S/c1-5-28(6-2)25-18-14-23(15-19-25)27(22-12-10-9-11-13-22)24-16-20-26(21-17-24)29(7-3)8-4;1-4-5(2)3/h9-21H,5-8H2,1-4H3;1H,(H,2,3)/q+1;/p-2. The normalized spacial score (nSPS) is 13.2. The van der Waals surface area contributed by atoms with Gasteiger partial charge in [0.1, 0.15) is 13.1 Å². The Labute approximate surface area is 205 Å². The summed E-state index contributed by atoms with van der Waals surface area (Å²) in [5, 5.41) is 8.52. The van der Waals surface area contributed by atoms with Crippen LogP contribution in [0, 0.1) is 0 Å². The summed E-state index contributed by atoms with van der Waals surface area (Å²) in [5.74, 6) is 0. The van der Waals surface area contributed by atoms with Crippen LogP contribution in [0.5, 0.6) is 0 Å². The Kier molecular flexibility index (Phi) is 11.6. The van der Waals surface area contributed by atoms with E-state index in [-0.39, 0.29) is 0 Å². The molecule has 0 radical (unpaired) electrons. The summed E-state index contributed by atoms with van der Waals surface area (Å²) in [6.07, 6.45) is 9.01. The van der Waals surface area contributed by atoms with E-state index >= 15 is 0 Å². The molecule has 0 bridgehead atoms. The highest BCUT2D eigenvalue weighted by Crippen LogP contribution is 2.31. The Hall–Kier alpha value is -2.84. The van der Waals surface area contributed by atoms with E-state index in [1.54, 1.807) is 0 Å². The molecule has 1 aliphatic rings.